The number of aromatic nitrogens is 3. The third-order valence-corrected chi connectivity index (χ3v) is 5.85. The van der Waals surface area contributed by atoms with Crippen LogP contribution in [-0.4, -0.2) is 50.4 Å². The van der Waals surface area contributed by atoms with E-state index < -0.39 is 0 Å². The molecule has 1 N–H and O–H groups in total. The van der Waals surface area contributed by atoms with Crippen molar-refractivity contribution in [1.29, 1.82) is 0 Å². The van der Waals surface area contributed by atoms with Crippen LogP contribution in [0.3, 0.4) is 0 Å². The first-order valence-corrected chi connectivity index (χ1v) is 8.04. The third-order valence-electron chi connectivity index (χ3n) is 5.85. The molecule has 2 aliphatic rings. The molecule has 2 atom stereocenters. The standard InChI is InChI=1S/C17H22N4O2/c1-16(2)8-17(10-22)9-21(7-14(16)17)15(23)11-4-13-12(18-5-11)6-19-20(13)3/h4-6,14,22H,7-10H2,1-3H3/t14-,17-/m1/s1. The van der Waals surface area contributed by atoms with E-state index in [2.05, 4.69) is 23.9 Å². The van der Waals surface area contributed by atoms with Gasteiger partial charge >= 0.3 is 0 Å². The number of hydrogen-bond acceptors (Lipinski definition) is 4. The monoisotopic (exact) mass is 314 g/mol. The van der Waals surface area contributed by atoms with Gasteiger partial charge in [0.15, 0.2) is 0 Å². The number of amides is 1. The van der Waals surface area contributed by atoms with Crippen molar-refractivity contribution in [2.24, 2.45) is 23.8 Å². The third kappa shape index (κ3) is 1.94. The predicted molar refractivity (Wildman–Crippen MR) is 85.8 cm³/mol. The number of carbonyl (C=O) groups is 1. The number of aryl methyl sites for hydroxylation is 1. The number of likely N-dealkylation sites (tertiary alicyclic amines) is 1. The van der Waals surface area contributed by atoms with Gasteiger partial charge in [-0.2, -0.15) is 5.10 Å². The van der Waals surface area contributed by atoms with Gasteiger partial charge in [-0.05, 0) is 23.8 Å². The number of hydrogen-bond donors (Lipinski definition) is 1. The summed E-state index contributed by atoms with van der Waals surface area (Å²) in [5.74, 6) is 0.371. The minimum Gasteiger partial charge on any atom is -0.396 e. The van der Waals surface area contributed by atoms with Crippen molar-refractivity contribution in [2.75, 3.05) is 19.7 Å². The summed E-state index contributed by atoms with van der Waals surface area (Å²) < 4.78 is 1.73. The van der Waals surface area contributed by atoms with Crippen LogP contribution in [-0.2, 0) is 7.05 Å². The number of rotatable bonds is 2. The van der Waals surface area contributed by atoms with Crippen LogP contribution in [0.15, 0.2) is 18.5 Å². The van der Waals surface area contributed by atoms with E-state index in [1.807, 2.05) is 18.0 Å². The Bertz CT molecular complexity index is 797. The smallest absolute Gasteiger partial charge is 0.255 e. The Labute approximate surface area is 135 Å². The average Bonchev–Trinajstić information content (AvgIpc) is 3.05. The summed E-state index contributed by atoms with van der Waals surface area (Å²) >= 11 is 0. The van der Waals surface area contributed by atoms with Crippen molar-refractivity contribution in [1.82, 2.24) is 19.7 Å². The fourth-order valence-electron chi connectivity index (χ4n) is 4.82. The number of nitrogens with zero attached hydrogens (tertiary/aromatic N) is 4. The molecule has 4 rings (SSSR count). The molecular weight excluding hydrogens is 292 g/mol. The number of fused-ring (bicyclic) bond motifs is 2. The lowest BCUT2D eigenvalue weighted by molar-refractivity contribution is -0.0977. The van der Waals surface area contributed by atoms with Crippen molar-refractivity contribution < 1.29 is 9.90 Å². The van der Waals surface area contributed by atoms with Crippen LogP contribution in [0.25, 0.3) is 11.0 Å². The zero-order valence-corrected chi connectivity index (χ0v) is 13.8. The van der Waals surface area contributed by atoms with Gasteiger partial charge in [-0.25, -0.2) is 0 Å². The molecular formula is C17H22N4O2. The highest BCUT2D eigenvalue weighted by Gasteiger charge is 2.63. The van der Waals surface area contributed by atoms with Crippen LogP contribution in [0.5, 0.6) is 0 Å². The molecule has 2 fully saturated rings. The van der Waals surface area contributed by atoms with E-state index in [0.29, 0.717) is 18.0 Å². The Kier molecular flexibility index (Phi) is 2.89. The molecule has 1 aliphatic heterocycles. The molecule has 2 aromatic rings. The highest BCUT2D eigenvalue weighted by Crippen LogP contribution is 2.62. The first-order valence-electron chi connectivity index (χ1n) is 8.04. The molecule has 1 saturated heterocycles. The van der Waals surface area contributed by atoms with Gasteiger partial charge in [0.2, 0.25) is 0 Å². The molecule has 122 valence electrons. The van der Waals surface area contributed by atoms with E-state index in [4.69, 9.17) is 0 Å². The molecule has 0 unspecified atom stereocenters. The van der Waals surface area contributed by atoms with Crippen LogP contribution in [0.2, 0.25) is 0 Å². The van der Waals surface area contributed by atoms with Gasteiger partial charge < -0.3 is 10.0 Å². The summed E-state index contributed by atoms with van der Waals surface area (Å²) in [6, 6.07) is 1.86. The van der Waals surface area contributed by atoms with Crippen molar-refractivity contribution in [3.63, 3.8) is 0 Å². The highest BCUT2D eigenvalue weighted by atomic mass is 16.3. The minimum absolute atomic E-state index is 0.00127. The molecule has 1 saturated carbocycles. The second kappa shape index (κ2) is 4.54. The van der Waals surface area contributed by atoms with Crippen molar-refractivity contribution in [3.8, 4) is 0 Å². The summed E-state index contributed by atoms with van der Waals surface area (Å²) in [7, 11) is 1.84. The predicted octanol–water partition coefficient (Wildman–Crippen LogP) is 1.45. The molecule has 23 heavy (non-hydrogen) atoms. The lowest BCUT2D eigenvalue weighted by Gasteiger charge is -2.55. The van der Waals surface area contributed by atoms with Gasteiger partial charge in [0, 0.05) is 31.7 Å². The van der Waals surface area contributed by atoms with E-state index in [-0.39, 0.29) is 23.3 Å². The second-order valence-corrected chi connectivity index (χ2v) is 7.82. The van der Waals surface area contributed by atoms with Gasteiger partial charge in [0.25, 0.3) is 5.91 Å². The van der Waals surface area contributed by atoms with Crippen molar-refractivity contribution in [2.45, 2.75) is 20.3 Å². The van der Waals surface area contributed by atoms with Crippen LogP contribution in [0, 0.1) is 16.7 Å². The molecule has 0 spiro atoms. The van der Waals surface area contributed by atoms with E-state index in [1.165, 1.54) is 0 Å². The minimum atomic E-state index is -0.108. The van der Waals surface area contributed by atoms with Gasteiger partial charge in [0.05, 0.1) is 23.9 Å². The van der Waals surface area contributed by atoms with Crippen LogP contribution >= 0.6 is 0 Å². The molecule has 1 aliphatic carbocycles. The number of aliphatic hydroxyl groups excluding tert-OH is 1. The largest absolute Gasteiger partial charge is 0.396 e. The van der Waals surface area contributed by atoms with Gasteiger partial charge in [0.1, 0.15) is 5.52 Å². The summed E-state index contributed by atoms with van der Waals surface area (Å²) in [5.41, 5.74) is 2.33. The molecule has 3 heterocycles. The normalized spacial score (nSPS) is 28.7. The fourth-order valence-corrected chi connectivity index (χ4v) is 4.82. The molecule has 2 aromatic heterocycles. The molecule has 6 heteroatoms. The van der Waals surface area contributed by atoms with E-state index in [0.717, 1.165) is 24.0 Å². The summed E-state index contributed by atoms with van der Waals surface area (Å²) in [6.45, 7) is 5.96. The Hall–Kier alpha value is -1.95. The zero-order chi connectivity index (χ0) is 16.4. The lowest BCUT2D eigenvalue weighted by Crippen LogP contribution is -2.54. The number of pyridine rings is 1. The van der Waals surface area contributed by atoms with Gasteiger partial charge in [-0.15, -0.1) is 0 Å². The molecule has 6 nitrogen and oxygen atoms in total. The Morgan fingerprint density at radius 2 is 2.22 bits per heavy atom. The quantitative estimate of drug-likeness (QED) is 0.911. The molecule has 0 radical (unpaired) electrons. The summed E-state index contributed by atoms with van der Waals surface area (Å²) in [4.78, 5) is 19.1. The van der Waals surface area contributed by atoms with E-state index >= 15 is 0 Å². The van der Waals surface area contributed by atoms with Crippen LogP contribution in [0.4, 0.5) is 0 Å². The first-order chi connectivity index (χ1) is 10.9. The molecule has 0 aromatic carbocycles. The zero-order valence-electron chi connectivity index (χ0n) is 13.8. The van der Waals surface area contributed by atoms with E-state index in [1.54, 1.807) is 17.1 Å². The SMILES string of the molecule is Cn1ncc2ncc(C(=O)N3C[C@@H]4C(C)(C)C[C@]4(CO)C3)cc21. The lowest BCUT2D eigenvalue weighted by atomic mass is 9.48. The summed E-state index contributed by atoms with van der Waals surface area (Å²) in [5, 5.41) is 14.0. The molecule has 0 bridgehead atoms. The Balaban J connectivity index is 1.63. The maximum absolute atomic E-state index is 12.9. The number of carbonyl (C=O) groups excluding carboxylic acids is 1. The fraction of sp³-hybridized carbons (Fsp3) is 0.588. The molecule has 1 amide bonds. The Morgan fingerprint density at radius 1 is 1.43 bits per heavy atom. The maximum atomic E-state index is 12.9. The van der Waals surface area contributed by atoms with Gasteiger partial charge in [-0.3, -0.25) is 14.5 Å². The Morgan fingerprint density at radius 3 is 2.87 bits per heavy atom. The van der Waals surface area contributed by atoms with Crippen LogP contribution < -0.4 is 0 Å². The average molecular weight is 314 g/mol. The summed E-state index contributed by atoms with van der Waals surface area (Å²) in [6.07, 6.45) is 4.30. The highest BCUT2D eigenvalue weighted by molar-refractivity contribution is 5.97. The topological polar surface area (TPSA) is 71.2 Å². The van der Waals surface area contributed by atoms with Crippen molar-refractivity contribution >= 4 is 16.9 Å². The van der Waals surface area contributed by atoms with Crippen molar-refractivity contribution in [3.05, 3.63) is 24.0 Å². The van der Waals surface area contributed by atoms with Gasteiger partial charge in [-0.1, -0.05) is 13.8 Å². The first kappa shape index (κ1) is 14.6. The maximum Gasteiger partial charge on any atom is 0.255 e. The van der Waals surface area contributed by atoms with Crippen LogP contribution in [0.1, 0.15) is 30.6 Å². The second-order valence-electron chi connectivity index (χ2n) is 7.82. The van der Waals surface area contributed by atoms with E-state index in [9.17, 15) is 9.90 Å². The number of aliphatic hydroxyl groups is 1.